The highest BCUT2D eigenvalue weighted by Gasteiger charge is 2.32. The van der Waals surface area contributed by atoms with Gasteiger partial charge >= 0.3 is 6.09 Å². The maximum atomic E-state index is 13.2. The second kappa shape index (κ2) is 11.1. The monoisotopic (exact) mass is 518 g/mol. The number of benzene rings is 1. The van der Waals surface area contributed by atoms with Crippen LogP contribution in [0.2, 0.25) is 5.02 Å². The zero-order valence-electron chi connectivity index (χ0n) is 21.4. The van der Waals surface area contributed by atoms with Gasteiger partial charge in [-0.15, -0.1) is 0 Å². The van der Waals surface area contributed by atoms with Gasteiger partial charge < -0.3 is 15.2 Å². The summed E-state index contributed by atoms with van der Waals surface area (Å²) in [5, 5.41) is 4.42. The third-order valence-electron chi connectivity index (χ3n) is 5.13. The van der Waals surface area contributed by atoms with Gasteiger partial charge in [-0.2, -0.15) is 5.10 Å². The van der Waals surface area contributed by atoms with Gasteiger partial charge in [0.1, 0.15) is 18.0 Å². The van der Waals surface area contributed by atoms with Gasteiger partial charge in [-0.25, -0.2) is 19.2 Å². The number of amides is 1. The van der Waals surface area contributed by atoms with Crippen LogP contribution in [0.3, 0.4) is 0 Å². The molecule has 1 aliphatic heterocycles. The first-order valence-corrected chi connectivity index (χ1v) is 12.1. The van der Waals surface area contributed by atoms with Crippen LogP contribution in [0.5, 0.6) is 5.75 Å². The number of anilines is 1. The Morgan fingerprint density at radius 2 is 1.94 bits per heavy atom. The van der Waals surface area contributed by atoms with E-state index in [0.29, 0.717) is 34.3 Å². The quantitative estimate of drug-likeness (QED) is 0.483. The van der Waals surface area contributed by atoms with E-state index >= 15 is 0 Å². The summed E-state index contributed by atoms with van der Waals surface area (Å²) in [4.78, 5) is 23.1. The summed E-state index contributed by atoms with van der Waals surface area (Å²) in [6, 6.07) is 3.50. The van der Waals surface area contributed by atoms with Crippen LogP contribution in [0.1, 0.15) is 51.4 Å². The van der Waals surface area contributed by atoms with Gasteiger partial charge in [-0.3, -0.25) is 9.58 Å². The first-order chi connectivity index (χ1) is 17.0. The summed E-state index contributed by atoms with van der Waals surface area (Å²) in [7, 11) is 0. The van der Waals surface area contributed by atoms with Crippen molar-refractivity contribution in [3.63, 3.8) is 0 Å². The fourth-order valence-electron chi connectivity index (χ4n) is 3.78. The lowest BCUT2D eigenvalue weighted by molar-refractivity contribution is 0.0241. The Hall–Kier alpha value is -3.40. The minimum absolute atomic E-state index is 0.0899. The van der Waals surface area contributed by atoms with Gasteiger partial charge in [0.15, 0.2) is 5.82 Å². The molecule has 2 aromatic heterocycles. The lowest BCUT2D eigenvalue weighted by Crippen LogP contribution is -2.33. The number of ether oxygens (including phenoxy) is 2. The minimum Gasteiger partial charge on any atom is -0.491 e. The van der Waals surface area contributed by atoms with Crippen molar-refractivity contribution < 1.29 is 18.7 Å². The number of nitrogen functional groups attached to an aromatic ring is 1. The highest BCUT2D eigenvalue weighted by Crippen LogP contribution is 2.40. The van der Waals surface area contributed by atoms with E-state index in [2.05, 4.69) is 15.1 Å². The standard InChI is InChI=1S/C23H26ClFN6O3.C2H6/c1-13-7-14(24)8-18(33-6-5-31-10-15(25)9-27-31)19(13)20-16-11-30(22(32)34-23(2,3)4)12-17(16)28-21(26)29-20;1-2/h7-10H,5-6,11-12H2,1-4H3,(H2,26,28,29);1-2H3. The van der Waals surface area contributed by atoms with Crippen LogP contribution >= 0.6 is 11.6 Å². The van der Waals surface area contributed by atoms with E-state index in [-0.39, 0.29) is 25.6 Å². The van der Waals surface area contributed by atoms with E-state index in [0.717, 1.165) is 17.3 Å². The molecule has 11 heteroatoms. The van der Waals surface area contributed by atoms with Crippen LogP contribution in [-0.4, -0.2) is 42.9 Å². The van der Waals surface area contributed by atoms with E-state index < -0.39 is 17.5 Å². The number of nitrogens with zero attached hydrogens (tertiary/aromatic N) is 5. The summed E-state index contributed by atoms with van der Waals surface area (Å²) < 4.78 is 26.2. The normalized spacial score (nSPS) is 12.6. The van der Waals surface area contributed by atoms with Crippen LogP contribution in [0, 0.1) is 12.7 Å². The molecule has 2 N–H and O–H groups in total. The van der Waals surface area contributed by atoms with E-state index in [1.165, 1.54) is 10.9 Å². The average Bonchev–Trinajstić information content (AvgIpc) is 3.39. The van der Waals surface area contributed by atoms with Crippen molar-refractivity contribution in [1.82, 2.24) is 24.6 Å². The Morgan fingerprint density at radius 1 is 1.22 bits per heavy atom. The highest BCUT2D eigenvalue weighted by atomic mass is 35.5. The van der Waals surface area contributed by atoms with Gasteiger partial charge in [0.2, 0.25) is 5.95 Å². The van der Waals surface area contributed by atoms with Gasteiger partial charge in [-0.1, -0.05) is 25.4 Å². The first kappa shape index (κ1) is 27.2. The molecule has 194 valence electrons. The van der Waals surface area contributed by atoms with Crippen molar-refractivity contribution in [2.45, 2.75) is 66.8 Å². The number of hydrogen-bond donors (Lipinski definition) is 1. The van der Waals surface area contributed by atoms with Gasteiger partial charge in [-0.05, 0) is 45.4 Å². The molecule has 3 heterocycles. The van der Waals surface area contributed by atoms with Crippen LogP contribution < -0.4 is 10.5 Å². The van der Waals surface area contributed by atoms with E-state index in [1.54, 1.807) is 17.0 Å². The number of carbonyl (C=O) groups is 1. The van der Waals surface area contributed by atoms with Crippen molar-refractivity contribution in [1.29, 1.82) is 0 Å². The summed E-state index contributed by atoms with van der Waals surface area (Å²) >= 11 is 6.31. The molecule has 0 fully saturated rings. The second-order valence-corrected chi connectivity index (χ2v) is 9.49. The zero-order valence-corrected chi connectivity index (χ0v) is 22.2. The lowest BCUT2D eigenvalue weighted by atomic mass is 10.00. The summed E-state index contributed by atoms with van der Waals surface area (Å²) in [5.74, 6) is 0.168. The predicted octanol–water partition coefficient (Wildman–Crippen LogP) is 5.38. The number of rotatable bonds is 5. The lowest BCUT2D eigenvalue weighted by Gasteiger charge is -2.24. The predicted molar refractivity (Wildman–Crippen MR) is 136 cm³/mol. The zero-order chi connectivity index (χ0) is 26.6. The number of aryl methyl sites for hydroxylation is 1. The molecule has 0 spiro atoms. The largest absolute Gasteiger partial charge is 0.491 e. The van der Waals surface area contributed by atoms with Crippen molar-refractivity contribution in [3.05, 3.63) is 52.2 Å². The van der Waals surface area contributed by atoms with Crippen LogP contribution in [0.4, 0.5) is 15.1 Å². The van der Waals surface area contributed by atoms with Crippen LogP contribution in [-0.2, 0) is 24.4 Å². The SMILES string of the molecule is CC.Cc1cc(Cl)cc(OCCn2cc(F)cn2)c1-c1nc(N)nc2c1CN(C(=O)OC(C)(C)C)C2. The number of nitrogens with two attached hydrogens (primary N) is 1. The molecule has 0 saturated heterocycles. The van der Waals surface area contributed by atoms with Gasteiger partial charge in [0.05, 0.1) is 43.4 Å². The molecule has 1 aliphatic rings. The highest BCUT2D eigenvalue weighted by molar-refractivity contribution is 6.31. The Labute approximate surface area is 215 Å². The Morgan fingerprint density at radius 3 is 2.58 bits per heavy atom. The van der Waals surface area contributed by atoms with Crippen LogP contribution in [0.25, 0.3) is 11.3 Å². The molecule has 36 heavy (non-hydrogen) atoms. The van der Waals surface area contributed by atoms with Gasteiger partial charge in [0.25, 0.3) is 0 Å². The third-order valence-corrected chi connectivity index (χ3v) is 5.35. The molecule has 0 radical (unpaired) electrons. The van der Waals surface area contributed by atoms with E-state index in [4.69, 9.17) is 26.8 Å². The summed E-state index contributed by atoms with van der Waals surface area (Å²) in [5.41, 5.74) is 8.93. The number of carbonyl (C=O) groups excluding carboxylic acids is 1. The third kappa shape index (κ3) is 6.42. The Kier molecular flexibility index (Phi) is 8.39. The molecular formula is C25H32ClFN6O3. The van der Waals surface area contributed by atoms with Crippen molar-refractivity contribution in [2.75, 3.05) is 12.3 Å². The van der Waals surface area contributed by atoms with Crippen molar-refractivity contribution in [2.24, 2.45) is 0 Å². The molecule has 3 aromatic rings. The average molecular weight is 519 g/mol. The van der Waals surface area contributed by atoms with Gasteiger partial charge in [0, 0.05) is 16.1 Å². The Bertz CT molecular complexity index is 1240. The summed E-state index contributed by atoms with van der Waals surface area (Å²) in [6.45, 7) is 12.4. The second-order valence-electron chi connectivity index (χ2n) is 9.06. The smallest absolute Gasteiger partial charge is 0.410 e. The number of aromatic nitrogens is 4. The van der Waals surface area contributed by atoms with Crippen LogP contribution in [0.15, 0.2) is 24.5 Å². The maximum absolute atomic E-state index is 13.2. The molecule has 0 bridgehead atoms. The van der Waals surface area contributed by atoms with E-state index in [9.17, 15) is 9.18 Å². The molecule has 0 aliphatic carbocycles. The number of hydrogen-bond acceptors (Lipinski definition) is 7. The molecule has 4 rings (SSSR count). The molecule has 0 atom stereocenters. The number of halogens is 2. The topological polar surface area (TPSA) is 108 Å². The van der Waals surface area contributed by atoms with E-state index in [1.807, 2.05) is 41.5 Å². The Balaban J connectivity index is 0.00000176. The maximum Gasteiger partial charge on any atom is 0.410 e. The number of fused-ring (bicyclic) bond motifs is 1. The molecule has 0 unspecified atom stereocenters. The molecule has 0 saturated carbocycles. The van der Waals surface area contributed by atoms with Crippen molar-refractivity contribution in [3.8, 4) is 17.0 Å². The molecule has 9 nitrogen and oxygen atoms in total. The van der Waals surface area contributed by atoms with Crippen molar-refractivity contribution >= 4 is 23.6 Å². The summed E-state index contributed by atoms with van der Waals surface area (Å²) in [6.07, 6.45) is 1.99. The minimum atomic E-state index is -0.620. The molecule has 1 amide bonds. The first-order valence-electron chi connectivity index (χ1n) is 11.7. The molecular weight excluding hydrogens is 487 g/mol. The fraction of sp³-hybridized carbons (Fsp3) is 0.440. The fourth-order valence-corrected chi connectivity index (χ4v) is 4.04. The molecule has 1 aromatic carbocycles.